The summed E-state index contributed by atoms with van der Waals surface area (Å²) in [5.41, 5.74) is 3.76. The summed E-state index contributed by atoms with van der Waals surface area (Å²) >= 11 is 15.1. The predicted molar refractivity (Wildman–Crippen MR) is 108 cm³/mol. The molecule has 2 aromatic rings. The number of hydrogen-bond donors (Lipinski definition) is 2. The number of rotatable bonds is 6. The van der Waals surface area contributed by atoms with Crippen molar-refractivity contribution >= 4 is 51.3 Å². The molecule has 0 radical (unpaired) electrons. The maximum atomic E-state index is 11.8. The lowest BCUT2D eigenvalue weighted by atomic mass is 10.0. The number of benzene rings is 2. The molecule has 0 heterocycles. The first kappa shape index (κ1) is 20.6. The second kappa shape index (κ2) is 9.26. The minimum Gasteiger partial charge on any atom is -0.506 e. The molecule has 8 heteroatoms. The van der Waals surface area contributed by atoms with Crippen molar-refractivity contribution in [3.8, 4) is 11.5 Å². The molecule has 0 bridgehead atoms. The molecule has 2 N–H and O–H groups in total. The van der Waals surface area contributed by atoms with E-state index in [-0.39, 0.29) is 22.9 Å². The van der Waals surface area contributed by atoms with E-state index in [1.165, 1.54) is 23.9 Å². The first-order valence-electron chi connectivity index (χ1n) is 7.70. The van der Waals surface area contributed by atoms with Gasteiger partial charge in [0.2, 0.25) is 0 Å². The second-order valence-corrected chi connectivity index (χ2v) is 7.45. The Balaban J connectivity index is 1.92. The zero-order chi connectivity index (χ0) is 19.3. The highest BCUT2D eigenvalue weighted by atomic mass is 79.9. The largest absolute Gasteiger partial charge is 0.506 e. The minimum atomic E-state index is -0.450. The molecule has 0 fully saturated rings. The van der Waals surface area contributed by atoms with Crippen LogP contribution in [-0.4, -0.2) is 23.8 Å². The van der Waals surface area contributed by atoms with Gasteiger partial charge in [-0.15, -0.1) is 0 Å². The van der Waals surface area contributed by atoms with Crippen molar-refractivity contribution in [1.29, 1.82) is 0 Å². The lowest BCUT2D eigenvalue weighted by Gasteiger charge is -2.10. The van der Waals surface area contributed by atoms with E-state index in [2.05, 4.69) is 40.3 Å². The minimum absolute atomic E-state index is 0.100. The Morgan fingerprint density at radius 1 is 1.35 bits per heavy atom. The lowest BCUT2D eigenvalue weighted by Crippen LogP contribution is -2.24. The Morgan fingerprint density at radius 3 is 2.73 bits per heavy atom. The highest BCUT2D eigenvalue weighted by Crippen LogP contribution is 2.30. The van der Waals surface area contributed by atoms with Crippen molar-refractivity contribution in [3.05, 3.63) is 56.0 Å². The number of nitrogens with zero attached hydrogens (tertiary/aromatic N) is 1. The number of amides is 1. The molecule has 1 amide bonds. The smallest absolute Gasteiger partial charge is 0.277 e. The van der Waals surface area contributed by atoms with Crippen molar-refractivity contribution in [3.63, 3.8) is 0 Å². The van der Waals surface area contributed by atoms with E-state index in [9.17, 15) is 9.90 Å². The standard InChI is InChI=1S/C18H17BrCl2N2O3/c1-10(2)11-3-4-16(14(19)6-11)26-9-17(24)23-22-8-12-5-13(20)7-15(21)18(12)25/h3-8,10,25H,9H2,1-2H3,(H,23,24). The molecule has 0 aliphatic carbocycles. The van der Waals surface area contributed by atoms with Crippen LogP contribution in [-0.2, 0) is 4.79 Å². The first-order chi connectivity index (χ1) is 12.3. The van der Waals surface area contributed by atoms with Crippen LogP contribution in [0.3, 0.4) is 0 Å². The van der Waals surface area contributed by atoms with Gasteiger partial charge in [-0.05, 0) is 51.7 Å². The highest BCUT2D eigenvalue weighted by Gasteiger charge is 2.09. The third-order valence-electron chi connectivity index (χ3n) is 3.43. The third kappa shape index (κ3) is 5.62. The molecule has 5 nitrogen and oxygen atoms in total. The molecule has 0 aliphatic heterocycles. The Morgan fingerprint density at radius 2 is 2.08 bits per heavy atom. The molecule has 0 aliphatic rings. The fourth-order valence-corrected chi connectivity index (χ4v) is 3.05. The molecular weight excluding hydrogens is 443 g/mol. The maximum Gasteiger partial charge on any atom is 0.277 e. The van der Waals surface area contributed by atoms with Crippen molar-refractivity contribution in [2.45, 2.75) is 19.8 Å². The maximum absolute atomic E-state index is 11.8. The van der Waals surface area contributed by atoms with Crippen molar-refractivity contribution in [2.75, 3.05) is 6.61 Å². The van der Waals surface area contributed by atoms with Gasteiger partial charge in [0.25, 0.3) is 5.91 Å². The summed E-state index contributed by atoms with van der Waals surface area (Å²) in [7, 11) is 0. The number of hydrazone groups is 1. The van der Waals surface area contributed by atoms with Crippen molar-refractivity contribution in [1.82, 2.24) is 5.43 Å². The molecule has 0 atom stereocenters. The van der Waals surface area contributed by atoms with Gasteiger partial charge in [-0.1, -0.05) is 43.1 Å². The average molecular weight is 460 g/mol. The van der Waals surface area contributed by atoms with Crippen LogP contribution in [0.15, 0.2) is 39.9 Å². The number of hydrogen-bond acceptors (Lipinski definition) is 4. The Hall–Kier alpha value is -1.76. The third-order valence-corrected chi connectivity index (χ3v) is 4.56. The highest BCUT2D eigenvalue weighted by molar-refractivity contribution is 9.10. The Bertz CT molecular complexity index is 841. The zero-order valence-electron chi connectivity index (χ0n) is 14.1. The SMILES string of the molecule is CC(C)c1ccc(OCC(=O)NN=Cc2cc(Cl)cc(Cl)c2O)c(Br)c1. The molecule has 0 saturated carbocycles. The van der Waals surface area contributed by atoms with Gasteiger partial charge in [0, 0.05) is 10.6 Å². The average Bonchev–Trinajstić information content (AvgIpc) is 2.57. The number of phenols is 1. The quantitative estimate of drug-likeness (QED) is 0.465. The molecule has 0 spiro atoms. The number of phenolic OH excluding ortho intramolecular Hbond substituents is 1. The van der Waals surface area contributed by atoms with Crippen LogP contribution in [0.25, 0.3) is 0 Å². The van der Waals surface area contributed by atoms with Gasteiger partial charge in [-0.2, -0.15) is 5.10 Å². The van der Waals surface area contributed by atoms with Crippen LogP contribution in [0.1, 0.15) is 30.9 Å². The predicted octanol–water partition coefficient (Wildman–Crippen LogP) is 5.11. The summed E-state index contributed by atoms with van der Waals surface area (Å²) in [6.07, 6.45) is 1.25. The van der Waals surface area contributed by atoms with Crippen molar-refractivity contribution < 1.29 is 14.6 Å². The van der Waals surface area contributed by atoms with E-state index in [1.807, 2.05) is 18.2 Å². The van der Waals surface area contributed by atoms with Crippen LogP contribution in [0.5, 0.6) is 11.5 Å². The topological polar surface area (TPSA) is 70.9 Å². The van der Waals surface area contributed by atoms with E-state index >= 15 is 0 Å². The number of ether oxygens (including phenoxy) is 1. The van der Waals surface area contributed by atoms with Gasteiger partial charge in [0.05, 0.1) is 15.7 Å². The molecule has 138 valence electrons. The van der Waals surface area contributed by atoms with E-state index in [1.54, 1.807) is 0 Å². The molecular formula is C18H17BrCl2N2O3. The number of aromatic hydroxyl groups is 1. The van der Waals surface area contributed by atoms with Crippen molar-refractivity contribution in [2.24, 2.45) is 5.10 Å². The number of carbonyl (C=O) groups is 1. The van der Waals surface area contributed by atoms with E-state index in [0.29, 0.717) is 16.7 Å². The molecule has 2 rings (SSSR count). The summed E-state index contributed by atoms with van der Waals surface area (Å²) < 4.78 is 6.25. The van der Waals surface area contributed by atoms with Gasteiger partial charge in [-0.25, -0.2) is 5.43 Å². The molecule has 0 unspecified atom stereocenters. The van der Waals surface area contributed by atoms with Gasteiger partial charge < -0.3 is 9.84 Å². The summed E-state index contributed by atoms with van der Waals surface area (Å²) in [6.45, 7) is 3.98. The van der Waals surface area contributed by atoms with E-state index in [0.717, 1.165) is 4.47 Å². The summed E-state index contributed by atoms with van der Waals surface area (Å²) in [4.78, 5) is 11.8. The lowest BCUT2D eigenvalue weighted by molar-refractivity contribution is -0.123. The van der Waals surface area contributed by atoms with E-state index < -0.39 is 5.91 Å². The fourth-order valence-electron chi connectivity index (χ4n) is 2.03. The van der Waals surface area contributed by atoms with Crippen LogP contribution in [0.4, 0.5) is 0 Å². The summed E-state index contributed by atoms with van der Waals surface area (Å²) in [6, 6.07) is 8.60. The normalized spacial score (nSPS) is 11.2. The summed E-state index contributed by atoms with van der Waals surface area (Å²) in [5.74, 6) is 0.343. The van der Waals surface area contributed by atoms with E-state index in [4.69, 9.17) is 27.9 Å². The van der Waals surface area contributed by atoms with Gasteiger partial charge in [0.1, 0.15) is 11.5 Å². The van der Waals surface area contributed by atoms with Crippen LogP contribution < -0.4 is 10.2 Å². The Labute approximate surface area is 170 Å². The molecule has 0 aromatic heterocycles. The fraction of sp³-hybridized carbons (Fsp3) is 0.222. The van der Waals surface area contributed by atoms with Gasteiger partial charge >= 0.3 is 0 Å². The van der Waals surface area contributed by atoms with Crippen LogP contribution in [0.2, 0.25) is 10.0 Å². The van der Waals surface area contributed by atoms with Crippen LogP contribution in [0, 0.1) is 0 Å². The number of carbonyl (C=O) groups excluding carboxylic acids is 1. The van der Waals surface area contributed by atoms with Gasteiger partial charge in [0.15, 0.2) is 6.61 Å². The number of nitrogens with one attached hydrogen (secondary N) is 1. The number of halogens is 3. The zero-order valence-corrected chi connectivity index (χ0v) is 17.2. The molecule has 0 saturated heterocycles. The molecule has 2 aromatic carbocycles. The molecule has 26 heavy (non-hydrogen) atoms. The van der Waals surface area contributed by atoms with Crippen LogP contribution >= 0.6 is 39.1 Å². The first-order valence-corrected chi connectivity index (χ1v) is 9.25. The second-order valence-electron chi connectivity index (χ2n) is 5.75. The summed E-state index contributed by atoms with van der Waals surface area (Å²) in [5, 5.41) is 14.0. The van der Waals surface area contributed by atoms with Gasteiger partial charge in [-0.3, -0.25) is 4.79 Å². The monoisotopic (exact) mass is 458 g/mol. The Kier molecular flexibility index (Phi) is 7.32.